The quantitative estimate of drug-likeness (QED) is 0.739. The number of rotatable bonds is 0. The molecule has 1 aromatic carbocycles. The molecule has 0 bridgehead atoms. The molecule has 3 rings (SSSR count). The number of piperidine rings is 1. The van der Waals surface area contributed by atoms with Crippen molar-refractivity contribution >= 4 is 17.3 Å². The van der Waals surface area contributed by atoms with Gasteiger partial charge < -0.3 is 10.6 Å². The van der Waals surface area contributed by atoms with E-state index in [9.17, 15) is 5.26 Å². The lowest BCUT2D eigenvalue weighted by atomic mass is 9.73. The number of halogens is 1. The highest BCUT2D eigenvalue weighted by molar-refractivity contribution is 6.32. The fourth-order valence-electron chi connectivity index (χ4n) is 3.07. The van der Waals surface area contributed by atoms with Crippen molar-refractivity contribution in [3.05, 3.63) is 28.3 Å². The summed E-state index contributed by atoms with van der Waals surface area (Å²) in [5.74, 6) is 0. The molecule has 0 saturated carbocycles. The van der Waals surface area contributed by atoms with Crippen LogP contribution in [0.1, 0.15) is 24.0 Å². The van der Waals surface area contributed by atoms with E-state index in [2.05, 4.69) is 16.7 Å². The van der Waals surface area contributed by atoms with E-state index in [4.69, 9.17) is 11.6 Å². The Morgan fingerprint density at radius 1 is 1.29 bits per heavy atom. The van der Waals surface area contributed by atoms with Crippen molar-refractivity contribution < 1.29 is 0 Å². The smallest absolute Gasteiger partial charge is 0.101 e. The van der Waals surface area contributed by atoms with E-state index in [1.807, 2.05) is 12.1 Å². The Bertz CT molecular complexity index is 493. The predicted molar refractivity (Wildman–Crippen MR) is 68.4 cm³/mol. The second kappa shape index (κ2) is 3.90. The van der Waals surface area contributed by atoms with Gasteiger partial charge in [0.25, 0.3) is 0 Å². The summed E-state index contributed by atoms with van der Waals surface area (Å²) >= 11 is 6.14. The SMILES string of the molecule is N#Cc1c(Cl)ccc2c1C1(CCNCC1)CN2. The Morgan fingerprint density at radius 2 is 2.06 bits per heavy atom. The van der Waals surface area contributed by atoms with Gasteiger partial charge >= 0.3 is 0 Å². The van der Waals surface area contributed by atoms with Crippen molar-refractivity contribution in [2.45, 2.75) is 18.3 Å². The lowest BCUT2D eigenvalue weighted by molar-refractivity contribution is 0.334. The van der Waals surface area contributed by atoms with E-state index in [0.717, 1.165) is 43.7 Å². The first-order valence-electron chi connectivity index (χ1n) is 5.94. The average molecular weight is 248 g/mol. The maximum atomic E-state index is 9.32. The number of nitriles is 1. The van der Waals surface area contributed by atoms with Crippen LogP contribution in [0.5, 0.6) is 0 Å². The van der Waals surface area contributed by atoms with Crippen LogP contribution in [0.3, 0.4) is 0 Å². The molecule has 3 nitrogen and oxygen atoms in total. The highest BCUT2D eigenvalue weighted by Crippen LogP contribution is 2.46. The Balaban J connectivity index is 2.18. The summed E-state index contributed by atoms with van der Waals surface area (Å²) < 4.78 is 0. The van der Waals surface area contributed by atoms with Gasteiger partial charge in [0, 0.05) is 23.2 Å². The number of nitrogens with zero attached hydrogens (tertiary/aromatic N) is 1. The van der Waals surface area contributed by atoms with Gasteiger partial charge in [0.1, 0.15) is 6.07 Å². The second-order valence-electron chi connectivity index (χ2n) is 4.84. The average Bonchev–Trinajstić information content (AvgIpc) is 2.70. The minimum Gasteiger partial charge on any atom is -0.384 e. The highest BCUT2D eigenvalue weighted by atomic mass is 35.5. The molecule has 0 aromatic heterocycles. The van der Waals surface area contributed by atoms with E-state index < -0.39 is 0 Å². The van der Waals surface area contributed by atoms with Crippen molar-refractivity contribution in [1.82, 2.24) is 5.32 Å². The third-order valence-corrected chi connectivity index (χ3v) is 4.29. The van der Waals surface area contributed by atoms with Crippen molar-refractivity contribution in [1.29, 1.82) is 5.26 Å². The van der Waals surface area contributed by atoms with Crippen molar-refractivity contribution in [2.75, 3.05) is 25.0 Å². The Labute approximate surface area is 106 Å². The molecule has 1 fully saturated rings. The molecule has 2 aliphatic heterocycles. The number of nitrogens with one attached hydrogen (secondary N) is 2. The molecule has 2 aliphatic rings. The number of anilines is 1. The molecule has 2 N–H and O–H groups in total. The zero-order valence-corrected chi connectivity index (χ0v) is 10.3. The first-order valence-corrected chi connectivity index (χ1v) is 6.32. The highest BCUT2D eigenvalue weighted by Gasteiger charge is 2.42. The zero-order valence-electron chi connectivity index (χ0n) is 9.52. The fraction of sp³-hybridized carbons (Fsp3) is 0.462. The topological polar surface area (TPSA) is 47.9 Å². The first kappa shape index (κ1) is 10.9. The van der Waals surface area contributed by atoms with Crippen LogP contribution in [0.2, 0.25) is 5.02 Å². The van der Waals surface area contributed by atoms with Crippen LogP contribution in [0.4, 0.5) is 5.69 Å². The van der Waals surface area contributed by atoms with Crippen LogP contribution in [-0.2, 0) is 5.41 Å². The number of fused-ring (bicyclic) bond motifs is 2. The molecule has 88 valence electrons. The minimum atomic E-state index is 0.108. The predicted octanol–water partition coefficient (Wildman–Crippen LogP) is 2.26. The molecular formula is C13H14ClN3. The van der Waals surface area contributed by atoms with Crippen molar-refractivity contribution in [2.24, 2.45) is 0 Å². The first-order chi connectivity index (χ1) is 8.27. The van der Waals surface area contributed by atoms with Gasteiger partial charge in [0.2, 0.25) is 0 Å². The van der Waals surface area contributed by atoms with Crippen LogP contribution in [0.15, 0.2) is 12.1 Å². The van der Waals surface area contributed by atoms with Crippen LogP contribution in [0.25, 0.3) is 0 Å². The number of hydrogen-bond donors (Lipinski definition) is 2. The van der Waals surface area contributed by atoms with Gasteiger partial charge in [-0.05, 0) is 38.1 Å². The van der Waals surface area contributed by atoms with Gasteiger partial charge in [-0.25, -0.2) is 0 Å². The van der Waals surface area contributed by atoms with E-state index in [-0.39, 0.29) is 5.41 Å². The maximum absolute atomic E-state index is 9.32. The largest absolute Gasteiger partial charge is 0.384 e. The van der Waals surface area contributed by atoms with Crippen LogP contribution >= 0.6 is 11.6 Å². The molecule has 1 aromatic rings. The van der Waals surface area contributed by atoms with Gasteiger partial charge in [-0.1, -0.05) is 11.6 Å². The van der Waals surface area contributed by atoms with Crippen LogP contribution in [0, 0.1) is 11.3 Å². The van der Waals surface area contributed by atoms with Gasteiger partial charge in [-0.15, -0.1) is 0 Å². The van der Waals surface area contributed by atoms with Crippen molar-refractivity contribution in [3.8, 4) is 6.07 Å². The lowest BCUT2D eigenvalue weighted by Crippen LogP contribution is -2.41. The number of benzene rings is 1. The van der Waals surface area contributed by atoms with E-state index >= 15 is 0 Å². The Hall–Kier alpha value is -1.24. The normalized spacial score (nSPS) is 20.7. The van der Waals surface area contributed by atoms with Gasteiger partial charge in [0.15, 0.2) is 0 Å². The van der Waals surface area contributed by atoms with Crippen molar-refractivity contribution in [3.63, 3.8) is 0 Å². The standard InChI is InChI=1S/C13H14ClN3/c14-10-1-2-11-12(9(10)7-15)13(8-17-11)3-5-16-6-4-13/h1-2,16-17H,3-6,8H2. The lowest BCUT2D eigenvalue weighted by Gasteiger charge is -2.34. The Kier molecular flexibility index (Phi) is 2.50. The summed E-state index contributed by atoms with van der Waals surface area (Å²) in [7, 11) is 0. The van der Waals surface area contributed by atoms with E-state index in [1.165, 1.54) is 0 Å². The zero-order chi connectivity index (χ0) is 11.9. The molecule has 2 heterocycles. The molecule has 0 aliphatic carbocycles. The van der Waals surface area contributed by atoms with Gasteiger partial charge in [0.05, 0.1) is 10.6 Å². The molecular weight excluding hydrogens is 234 g/mol. The third kappa shape index (κ3) is 1.52. The summed E-state index contributed by atoms with van der Waals surface area (Å²) in [6, 6.07) is 6.08. The molecule has 0 amide bonds. The Morgan fingerprint density at radius 3 is 2.76 bits per heavy atom. The third-order valence-electron chi connectivity index (χ3n) is 3.97. The maximum Gasteiger partial charge on any atom is 0.101 e. The van der Waals surface area contributed by atoms with Crippen LogP contribution in [-0.4, -0.2) is 19.6 Å². The summed E-state index contributed by atoms with van der Waals surface area (Å²) in [4.78, 5) is 0. The molecule has 0 atom stereocenters. The molecule has 0 unspecified atom stereocenters. The summed E-state index contributed by atoms with van der Waals surface area (Å²) in [5.41, 5.74) is 3.01. The van der Waals surface area contributed by atoms with E-state index in [0.29, 0.717) is 10.6 Å². The fourth-order valence-corrected chi connectivity index (χ4v) is 3.27. The molecule has 1 spiro atoms. The molecule has 1 saturated heterocycles. The summed E-state index contributed by atoms with van der Waals surface area (Å²) in [6.07, 6.45) is 2.14. The van der Waals surface area contributed by atoms with E-state index in [1.54, 1.807) is 0 Å². The summed E-state index contributed by atoms with van der Waals surface area (Å²) in [6.45, 7) is 2.95. The van der Waals surface area contributed by atoms with Crippen LogP contribution < -0.4 is 10.6 Å². The number of hydrogen-bond acceptors (Lipinski definition) is 3. The minimum absolute atomic E-state index is 0.108. The van der Waals surface area contributed by atoms with Gasteiger partial charge in [-0.3, -0.25) is 0 Å². The molecule has 4 heteroatoms. The molecule has 17 heavy (non-hydrogen) atoms. The van der Waals surface area contributed by atoms with Gasteiger partial charge in [-0.2, -0.15) is 5.26 Å². The second-order valence-corrected chi connectivity index (χ2v) is 5.25. The molecule has 0 radical (unpaired) electrons. The monoisotopic (exact) mass is 247 g/mol. The summed E-state index contributed by atoms with van der Waals surface area (Å²) in [5, 5.41) is 16.7.